The highest BCUT2D eigenvalue weighted by molar-refractivity contribution is 7.80. The largest absolute Gasteiger partial charge is 0.466 e. The van der Waals surface area contributed by atoms with E-state index in [2.05, 4.69) is 10.6 Å². The molecule has 0 amide bonds. The fraction of sp³-hybridized carbons (Fsp3) is 0.333. The Balaban J connectivity index is 2.45. The van der Waals surface area contributed by atoms with Crippen LogP contribution in [0.2, 0.25) is 0 Å². The maximum atomic E-state index is 11.9. The molecule has 0 fully saturated rings. The van der Waals surface area contributed by atoms with Gasteiger partial charge in [0.25, 0.3) is 0 Å². The second-order valence-corrected chi connectivity index (χ2v) is 5.74. The van der Waals surface area contributed by atoms with E-state index in [0.29, 0.717) is 10.7 Å². The lowest BCUT2D eigenvalue weighted by Gasteiger charge is -2.28. The fourth-order valence-electron chi connectivity index (χ4n) is 1.90. The van der Waals surface area contributed by atoms with E-state index in [1.54, 1.807) is 11.3 Å². The number of carbonyl (C=O) groups excluding carboxylic acids is 1. The summed E-state index contributed by atoms with van der Waals surface area (Å²) >= 11 is 6.78. The molecule has 2 rings (SSSR count). The third-order valence-corrected chi connectivity index (χ3v) is 4.01. The zero-order valence-corrected chi connectivity index (χ0v) is 12.0. The molecule has 4 nitrogen and oxygen atoms in total. The topological polar surface area (TPSA) is 50.4 Å². The maximum Gasteiger partial charge on any atom is 0.337 e. The van der Waals surface area contributed by atoms with Gasteiger partial charge in [-0.25, -0.2) is 4.79 Å². The van der Waals surface area contributed by atoms with Crippen LogP contribution in [0.25, 0.3) is 0 Å². The van der Waals surface area contributed by atoms with Crippen LogP contribution in [-0.4, -0.2) is 18.2 Å². The molecule has 0 bridgehead atoms. The lowest BCUT2D eigenvalue weighted by molar-refractivity contribution is -0.136. The van der Waals surface area contributed by atoms with Crippen LogP contribution in [-0.2, 0) is 9.53 Å². The fourth-order valence-corrected chi connectivity index (χ4v) is 3.11. The second kappa shape index (κ2) is 5.07. The predicted octanol–water partition coefficient (Wildman–Crippen LogP) is 2.02. The third-order valence-electron chi connectivity index (χ3n) is 2.72. The van der Waals surface area contributed by atoms with Crippen LogP contribution in [0.3, 0.4) is 0 Å². The van der Waals surface area contributed by atoms with Crippen LogP contribution in [0.1, 0.15) is 22.7 Å². The predicted molar refractivity (Wildman–Crippen MR) is 75.4 cm³/mol. The molecule has 1 aromatic rings. The zero-order valence-electron chi connectivity index (χ0n) is 10.4. The molecule has 1 aromatic heterocycles. The third kappa shape index (κ3) is 2.39. The quantitative estimate of drug-likeness (QED) is 0.642. The molecular formula is C12H14N2O2S2. The SMILES string of the molecule is COC(=O)C1=C(C)NC(=S)N[C@H]1c1ccc(C)s1. The molecule has 6 heteroatoms. The van der Waals surface area contributed by atoms with E-state index in [1.807, 2.05) is 26.0 Å². The Morgan fingerprint density at radius 3 is 2.72 bits per heavy atom. The van der Waals surface area contributed by atoms with Crippen molar-refractivity contribution in [2.45, 2.75) is 19.9 Å². The number of hydrogen-bond acceptors (Lipinski definition) is 4. The van der Waals surface area contributed by atoms with E-state index in [0.717, 1.165) is 10.6 Å². The van der Waals surface area contributed by atoms with E-state index < -0.39 is 0 Å². The number of methoxy groups -OCH3 is 1. The standard InChI is InChI=1S/C12H14N2O2S2/c1-6-4-5-8(18-6)10-9(11(15)16-3)7(2)13-12(17)14-10/h4-5,10H,1-3H3,(H2,13,14,17)/t10-/m0/s1. The average Bonchev–Trinajstić information content (AvgIpc) is 2.74. The van der Waals surface area contributed by atoms with Crippen molar-refractivity contribution >= 4 is 34.6 Å². The highest BCUT2D eigenvalue weighted by Gasteiger charge is 2.31. The minimum absolute atomic E-state index is 0.232. The minimum Gasteiger partial charge on any atom is -0.466 e. The van der Waals surface area contributed by atoms with Gasteiger partial charge < -0.3 is 15.4 Å². The zero-order chi connectivity index (χ0) is 13.3. The Kier molecular flexibility index (Phi) is 3.68. The van der Waals surface area contributed by atoms with Gasteiger partial charge in [0.15, 0.2) is 5.11 Å². The average molecular weight is 282 g/mol. The molecule has 0 aromatic carbocycles. The van der Waals surface area contributed by atoms with Crippen molar-refractivity contribution in [3.8, 4) is 0 Å². The van der Waals surface area contributed by atoms with Gasteiger partial charge in [-0.05, 0) is 38.2 Å². The summed E-state index contributed by atoms with van der Waals surface area (Å²) in [7, 11) is 1.38. The molecular weight excluding hydrogens is 268 g/mol. The lowest BCUT2D eigenvalue weighted by Crippen LogP contribution is -2.44. The van der Waals surface area contributed by atoms with E-state index in [-0.39, 0.29) is 12.0 Å². The number of ether oxygens (including phenoxy) is 1. The van der Waals surface area contributed by atoms with Gasteiger partial charge in [0, 0.05) is 15.5 Å². The highest BCUT2D eigenvalue weighted by Crippen LogP contribution is 2.31. The summed E-state index contributed by atoms with van der Waals surface area (Å²) in [5.41, 5.74) is 1.31. The molecule has 0 unspecified atom stereocenters. The molecule has 0 saturated carbocycles. The van der Waals surface area contributed by atoms with E-state index in [9.17, 15) is 4.79 Å². The molecule has 0 radical (unpaired) electrons. The first-order valence-electron chi connectivity index (χ1n) is 5.46. The monoisotopic (exact) mass is 282 g/mol. The molecule has 0 spiro atoms. The summed E-state index contributed by atoms with van der Waals surface area (Å²) in [6.07, 6.45) is 0. The molecule has 0 saturated heterocycles. The number of esters is 1. The second-order valence-electron chi connectivity index (χ2n) is 4.01. The first-order valence-corrected chi connectivity index (χ1v) is 6.68. The first kappa shape index (κ1) is 13.0. The van der Waals surface area contributed by atoms with Crippen LogP contribution < -0.4 is 10.6 Å². The van der Waals surface area contributed by atoms with E-state index in [1.165, 1.54) is 12.0 Å². The van der Waals surface area contributed by atoms with Crippen LogP contribution in [0.5, 0.6) is 0 Å². The Hall–Kier alpha value is -1.40. The van der Waals surface area contributed by atoms with Gasteiger partial charge in [-0.3, -0.25) is 0 Å². The summed E-state index contributed by atoms with van der Waals surface area (Å²) in [6, 6.07) is 3.80. The van der Waals surface area contributed by atoms with Crippen LogP contribution >= 0.6 is 23.6 Å². The number of thiophene rings is 1. The summed E-state index contributed by atoms with van der Waals surface area (Å²) in [6.45, 7) is 3.86. The molecule has 2 N–H and O–H groups in total. The molecule has 0 aliphatic carbocycles. The van der Waals surface area contributed by atoms with Crippen LogP contribution in [0.4, 0.5) is 0 Å². The van der Waals surface area contributed by atoms with E-state index >= 15 is 0 Å². The maximum absolute atomic E-state index is 11.9. The molecule has 1 aliphatic heterocycles. The van der Waals surface area contributed by atoms with Crippen molar-refractivity contribution < 1.29 is 9.53 Å². The van der Waals surface area contributed by atoms with Crippen molar-refractivity contribution in [2.75, 3.05) is 7.11 Å². The van der Waals surface area contributed by atoms with Gasteiger partial charge in [-0.15, -0.1) is 11.3 Å². The molecule has 2 heterocycles. The van der Waals surface area contributed by atoms with Gasteiger partial charge in [-0.1, -0.05) is 0 Å². The number of hydrogen-bond donors (Lipinski definition) is 2. The molecule has 18 heavy (non-hydrogen) atoms. The highest BCUT2D eigenvalue weighted by atomic mass is 32.1. The smallest absolute Gasteiger partial charge is 0.337 e. The van der Waals surface area contributed by atoms with Crippen molar-refractivity contribution in [1.29, 1.82) is 0 Å². The Bertz CT molecular complexity index is 534. The molecule has 1 aliphatic rings. The van der Waals surface area contributed by atoms with Crippen molar-refractivity contribution in [1.82, 2.24) is 10.6 Å². The van der Waals surface area contributed by atoms with Gasteiger partial charge in [-0.2, -0.15) is 0 Å². The molecule has 1 atom stereocenters. The summed E-state index contributed by atoms with van der Waals surface area (Å²) in [4.78, 5) is 14.1. The van der Waals surface area contributed by atoms with Crippen molar-refractivity contribution in [3.63, 3.8) is 0 Å². The van der Waals surface area contributed by atoms with Gasteiger partial charge in [0.05, 0.1) is 18.7 Å². The Morgan fingerprint density at radius 1 is 1.44 bits per heavy atom. The van der Waals surface area contributed by atoms with Crippen molar-refractivity contribution in [2.24, 2.45) is 0 Å². The van der Waals surface area contributed by atoms with E-state index in [4.69, 9.17) is 17.0 Å². The normalized spacial score (nSPS) is 19.3. The van der Waals surface area contributed by atoms with Crippen LogP contribution in [0.15, 0.2) is 23.4 Å². The summed E-state index contributed by atoms with van der Waals surface area (Å²) in [5, 5.41) is 6.59. The van der Waals surface area contributed by atoms with Crippen molar-refractivity contribution in [3.05, 3.63) is 33.2 Å². The van der Waals surface area contributed by atoms with Gasteiger partial charge >= 0.3 is 5.97 Å². The number of carbonyl (C=O) groups is 1. The van der Waals surface area contributed by atoms with Gasteiger partial charge in [0.1, 0.15) is 0 Å². The summed E-state index contributed by atoms with van der Waals surface area (Å²) < 4.78 is 4.84. The number of aryl methyl sites for hydroxylation is 1. The van der Waals surface area contributed by atoms with Gasteiger partial charge in [0.2, 0.25) is 0 Å². The minimum atomic E-state index is -0.342. The number of rotatable bonds is 2. The number of allylic oxidation sites excluding steroid dienone is 1. The number of nitrogens with one attached hydrogen (secondary N) is 2. The lowest BCUT2D eigenvalue weighted by atomic mass is 10.0. The molecule has 96 valence electrons. The first-order chi connectivity index (χ1) is 8.52. The number of thiocarbonyl (C=S) groups is 1. The summed E-state index contributed by atoms with van der Waals surface area (Å²) in [5.74, 6) is -0.342. The Labute approximate surface area is 115 Å². The van der Waals surface area contributed by atoms with Crippen LogP contribution in [0, 0.1) is 6.92 Å². The Morgan fingerprint density at radius 2 is 2.17 bits per heavy atom.